The third-order valence-electron chi connectivity index (χ3n) is 7.31. The van der Waals surface area contributed by atoms with E-state index in [1.165, 1.54) is 22.5 Å². The fraction of sp³-hybridized carbons (Fsp3) is 0.344. The number of hydrogen-bond acceptors (Lipinski definition) is 6. The summed E-state index contributed by atoms with van der Waals surface area (Å²) in [7, 11) is -2.88. The molecule has 6 atom stereocenters. The number of benzene rings is 3. The highest BCUT2D eigenvalue weighted by Gasteiger charge is 2.45. The van der Waals surface area contributed by atoms with Crippen LogP contribution in [0.1, 0.15) is 33.6 Å². The van der Waals surface area contributed by atoms with Crippen LogP contribution < -0.4 is 15.6 Å². The SMILES string of the molecule is CC(=O)O[C@H]1CC[C@H](O[C@H]2C=C[C@H](O[Si](c3ccccc3)(c3ccccc3)c3ccccc3)[C@H](C)O2)[C@H](C)O1. The van der Waals surface area contributed by atoms with Crippen molar-refractivity contribution >= 4 is 29.8 Å². The van der Waals surface area contributed by atoms with Gasteiger partial charge >= 0.3 is 5.97 Å². The van der Waals surface area contributed by atoms with E-state index in [0.29, 0.717) is 12.8 Å². The van der Waals surface area contributed by atoms with Crippen molar-refractivity contribution in [1.82, 2.24) is 0 Å². The lowest BCUT2D eigenvalue weighted by Crippen LogP contribution is -2.71. The molecule has 39 heavy (non-hydrogen) atoms. The first-order valence-corrected chi connectivity index (χ1v) is 15.5. The van der Waals surface area contributed by atoms with Gasteiger partial charge in [0.2, 0.25) is 6.29 Å². The zero-order valence-electron chi connectivity index (χ0n) is 22.6. The first-order valence-electron chi connectivity index (χ1n) is 13.6. The van der Waals surface area contributed by atoms with Gasteiger partial charge in [0.05, 0.1) is 24.4 Å². The molecule has 0 unspecified atom stereocenters. The highest BCUT2D eigenvalue weighted by atomic mass is 28.4. The van der Waals surface area contributed by atoms with Crippen molar-refractivity contribution in [2.24, 2.45) is 0 Å². The van der Waals surface area contributed by atoms with E-state index in [4.69, 9.17) is 23.4 Å². The number of esters is 1. The molecule has 0 amide bonds. The van der Waals surface area contributed by atoms with Gasteiger partial charge < -0.3 is 23.4 Å². The molecular weight excluding hydrogens is 508 g/mol. The predicted octanol–water partition coefficient (Wildman–Crippen LogP) is 3.81. The molecule has 2 heterocycles. The summed E-state index contributed by atoms with van der Waals surface area (Å²) in [5, 5.41) is 3.53. The number of carbonyl (C=O) groups is 1. The Morgan fingerprint density at radius 2 is 1.28 bits per heavy atom. The zero-order chi connectivity index (χ0) is 27.2. The largest absolute Gasteiger partial charge is 0.436 e. The van der Waals surface area contributed by atoms with Crippen LogP contribution in [0.25, 0.3) is 0 Å². The molecule has 3 aromatic carbocycles. The Morgan fingerprint density at radius 1 is 0.744 bits per heavy atom. The van der Waals surface area contributed by atoms with Gasteiger partial charge in [0.1, 0.15) is 0 Å². The van der Waals surface area contributed by atoms with Gasteiger partial charge in [-0.25, -0.2) is 0 Å². The lowest BCUT2D eigenvalue weighted by molar-refractivity contribution is -0.255. The third-order valence-corrected chi connectivity index (χ3v) is 11.4. The lowest BCUT2D eigenvalue weighted by Gasteiger charge is -2.41. The van der Waals surface area contributed by atoms with E-state index in [-0.39, 0.29) is 30.4 Å². The molecule has 0 N–H and O–H groups in total. The van der Waals surface area contributed by atoms with Crippen molar-refractivity contribution in [3.8, 4) is 0 Å². The van der Waals surface area contributed by atoms with Gasteiger partial charge in [-0.15, -0.1) is 0 Å². The number of rotatable bonds is 8. The van der Waals surface area contributed by atoms with E-state index in [1.807, 2.05) is 38.1 Å². The first kappa shape index (κ1) is 27.5. The Bertz CT molecular complexity index is 1140. The Morgan fingerprint density at radius 3 is 1.74 bits per heavy atom. The number of carbonyl (C=O) groups excluding carboxylic acids is 1. The second-order valence-corrected chi connectivity index (χ2v) is 13.4. The smallest absolute Gasteiger partial charge is 0.304 e. The van der Waals surface area contributed by atoms with Gasteiger partial charge in [-0.1, -0.05) is 97.1 Å². The second kappa shape index (κ2) is 12.4. The maximum Gasteiger partial charge on any atom is 0.304 e. The summed E-state index contributed by atoms with van der Waals surface area (Å²) in [4.78, 5) is 11.3. The molecule has 0 aliphatic carbocycles. The van der Waals surface area contributed by atoms with E-state index in [2.05, 4.69) is 78.9 Å². The predicted molar refractivity (Wildman–Crippen MR) is 153 cm³/mol. The van der Waals surface area contributed by atoms with Crippen LogP contribution in [0.4, 0.5) is 0 Å². The molecule has 1 fully saturated rings. The van der Waals surface area contributed by atoms with E-state index in [9.17, 15) is 4.79 Å². The van der Waals surface area contributed by atoms with Gasteiger partial charge in [-0.3, -0.25) is 4.79 Å². The number of hydrogen-bond donors (Lipinski definition) is 0. The number of ether oxygens (including phenoxy) is 4. The maximum absolute atomic E-state index is 11.3. The van der Waals surface area contributed by atoms with Crippen LogP contribution in [0.2, 0.25) is 0 Å². The van der Waals surface area contributed by atoms with E-state index in [1.54, 1.807) is 0 Å². The van der Waals surface area contributed by atoms with Crippen LogP contribution in [-0.2, 0) is 28.2 Å². The minimum Gasteiger partial charge on any atom is -0.436 e. The van der Waals surface area contributed by atoms with Gasteiger partial charge in [0.15, 0.2) is 6.29 Å². The molecule has 3 aromatic rings. The monoisotopic (exact) mass is 544 g/mol. The van der Waals surface area contributed by atoms with Gasteiger partial charge in [0.25, 0.3) is 8.32 Å². The van der Waals surface area contributed by atoms with Gasteiger partial charge in [0, 0.05) is 13.3 Å². The zero-order valence-corrected chi connectivity index (χ0v) is 23.6. The molecule has 0 spiro atoms. The Balaban J connectivity index is 1.39. The van der Waals surface area contributed by atoms with Crippen LogP contribution in [-0.4, -0.2) is 51.3 Å². The van der Waals surface area contributed by atoms with Crippen molar-refractivity contribution in [1.29, 1.82) is 0 Å². The van der Waals surface area contributed by atoms with Crippen molar-refractivity contribution in [3.05, 3.63) is 103 Å². The van der Waals surface area contributed by atoms with Gasteiger partial charge in [-0.2, -0.15) is 0 Å². The van der Waals surface area contributed by atoms with Crippen LogP contribution in [0.15, 0.2) is 103 Å². The molecule has 0 aromatic heterocycles. The van der Waals surface area contributed by atoms with Crippen LogP contribution in [0.3, 0.4) is 0 Å². The lowest BCUT2D eigenvalue weighted by atomic mass is 10.1. The summed E-state index contributed by atoms with van der Waals surface area (Å²) in [6, 6.07) is 31.6. The van der Waals surface area contributed by atoms with Crippen LogP contribution >= 0.6 is 0 Å². The van der Waals surface area contributed by atoms with E-state index in [0.717, 1.165) is 0 Å². The highest BCUT2D eigenvalue weighted by Crippen LogP contribution is 2.27. The van der Waals surface area contributed by atoms with E-state index >= 15 is 0 Å². The van der Waals surface area contributed by atoms with Crippen LogP contribution in [0.5, 0.6) is 0 Å². The maximum atomic E-state index is 11.3. The minimum atomic E-state index is -2.88. The normalized spacial score (nSPS) is 27.2. The summed E-state index contributed by atoms with van der Waals surface area (Å²) in [6.07, 6.45) is 3.38. The topological polar surface area (TPSA) is 63.2 Å². The Kier molecular flexibility index (Phi) is 8.74. The average Bonchev–Trinajstić information content (AvgIpc) is 2.95. The molecule has 1 saturated heterocycles. The molecule has 5 rings (SSSR count). The Hall–Kier alpha value is -3.07. The van der Waals surface area contributed by atoms with Crippen molar-refractivity contribution in [2.45, 2.75) is 70.6 Å². The minimum absolute atomic E-state index is 0.164. The average molecular weight is 545 g/mol. The molecule has 2 aliphatic heterocycles. The molecule has 0 radical (unpaired) electrons. The summed E-state index contributed by atoms with van der Waals surface area (Å²) < 4.78 is 30.9. The first-order chi connectivity index (χ1) is 19.0. The van der Waals surface area contributed by atoms with Gasteiger partial charge in [-0.05, 0) is 41.9 Å². The Labute approximate surface area is 231 Å². The summed E-state index contributed by atoms with van der Waals surface area (Å²) >= 11 is 0. The summed E-state index contributed by atoms with van der Waals surface area (Å²) in [5.41, 5.74) is 0. The standard InChI is InChI=1S/C32H36O6Si/c1-23-29(19-21-31(34-23)36-25(3)33)37-32-22-20-30(24(2)35-32)38-39(26-13-7-4-8-14-26,27-15-9-5-10-16-27)28-17-11-6-12-18-28/h4-18,20,22-24,29-32H,19,21H2,1-3H3/t23-,24-,29-,30-,31-,32-/m0/s1. The van der Waals surface area contributed by atoms with Crippen LogP contribution in [0, 0.1) is 0 Å². The summed E-state index contributed by atoms with van der Waals surface area (Å²) in [6.45, 7) is 5.35. The second-order valence-electron chi connectivity index (χ2n) is 10.1. The molecule has 7 heteroatoms. The molecule has 2 aliphatic rings. The quantitative estimate of drug-likeness (QED) is 0.186. The van der Waals surface area contributed by atoms with Crippen molar-refractivity contribution in [2.75, 3.05) is 0 Å². The molecule has 204 valence electrons. The molecular formula is C32H36O6Si. The van der Waals surface area contributed by atoms with Crippen molar-refractivity contribution in [3.63, 3.8) is 0 Å². The molecule has 0 bridgehead atoms. The summed E-state index contributed by atoms with van der Waals surface area (Å²) in [5.74, 6) is -0.342. The highest BCUT2D eigenvalue weighted by molar-refractivity contribution is 7.07. The fourth-order valence-electron chi connectivity index (χ4n) is 5.38. The fourth-order valence-corrected chi connectivity index (χ4v) is 9.46. The third kappa shape index (κ3) is 6.24. The molecule has 0 saturated carbocycles. The molecule has 6 nitrogen and oxygen atoms in total. The van der Waals surface area contributed by atoms with E-state index < -0.39 is 20.9 Å². The van der Waals surface area contributed by atoms with Crippen molar-refractivity contribution < 1.29 is 28.2 Å².